The molecule has 0 radical (unpaired) electrons. The van der Waals surface area contributed by atoms with E-state index in [1.165, 1.54) is 0 Å². The molecule has 6 heteroatoms. The lowest BCUT2D eigenvalue weighted by Gasteiger charge is -2.23. The van der Waals surface area contributed by atoms with Crippen LogP contribution in [-0.4, -0.2) is 30.9 Å². The number of rotatable bonds is 2. The van der Waals surface area contributed by atoms with Crippen LogP contribution in [-0.2, 0) is 9.84 Å². The molecular formula is C10H13BrN2O2S. The molecule has 0 saturated carbocycles. The molecule has 0 aliphatic carbocycles. The molecule has 2 rings (SSSR count). The second-order valence-electron chi connectivity index (χ2n) is 3.94. The third-order valence-electron chi connectivity index (χ3n) is 2.65. The molecule has 1 aromatic rings. The Labute approximate surface area is 104 Å². The van der Waals surface area contributed by atoms with Crippen LogP contribution in [0.15, 0.2) is 22.9 Å². The Hall–Kier alpha value is -0.620. The van der Waals surface area contributed by atoms with Crippen molar-refractivity contribution in [1.29, 1.82) is 0 Å². The first-order chi connectivity index (χ1) is 7.55. The van der Waals surface area contributed by atoms with E-state index < -0.39 is 9.84 Å². The van der Waals surface area contributed by atoms with Crippen molar-refractivity contribution < 1.29 is 8.42 Å². The van der Waals surface area contributed by atoms with Gasteiger partial charge < -0.3 is 5.32 Å². The molecule has 0 unspecified atom stereocenters. The first kappa shape index (κ1) is 11.9. The molecule has 0 bridgehead atoms. The summed E-state index contributed by atoms with van der Waals surface area (Å²) in [7, 11) is -2.78. The number of halogens is 1. The normalized spacial score (nSPS) is 20.6. The average molecular weight is 305 g/mol. The topological polar surface area (TPSA) is 59.1 Å². The van der Waals surface area contributed by atoms with Gasteiger partial charge in [-0.05, 0) is 40.9 Å². The molecule has 0 amide bonds. The minimum Gasteiger partial charge on any atom is -0.381 e. The number of nitrogens with zero attached hydrogens (tertiary/aromatic N) is 1. The standard InChI is InChI=1S/C10H13BrN2O2S/c11-10-2-1-9(7-12-10)13-8-3-5-16(14,15)6-4-8/h1-2,7-8,13H,3-6H2. The van der Waals surface area contributed by atoms with Gasteiger partial charge in [-0.15, -0.1) is 0 Å². The van der Waals surface area contributed by atoms with E-state index in [0.29, 0.717) is 12.8 Å². The first-order valence-corrected chi connectivity index (χ1v) is 7.75. The number of hydrogen-bond acceptors (Lipinski definition) is 4. The summed E-state index contributed by atoms with van der Waals surface area (Å²) in [5.41, 5.74) is 0.937. The Kier molecular flexibility index (Phi) is 3.49. The number of nitrogens with one attached hydrogen (secondary N) is 1. The Bertz CT molecular complexity index is 444. The van der Waals surface area contributed by atoms with E-state index in [4.69, 9.17) is 0 Å². The van der Waals surface area contributed by atoms with Crippen LogP contribution >= 0.6 is 15.9 Å². The fourth-order valence-corrected chi connectivity index (χ4v) is 3.46. The highest BCUT2D eigenvalue weighted by molar-refractivity contribution is 9.10. The summed E-state index contributed by atoms with van der Waals surface area (Å²) >= 11 is 3.27. The van der Waals surface area contributed by atoms with Gasteiger partial charge in [0.05, 0.1) is 23.4 Å². The predicted molar refractivity (Wildman–Crippen MR) is 67.2 cm³/mol. The van der Waals surface area contributed by atoms with Crippen molar-refractivity contribution in [1.82, 2.24) is 4.98 Å². The maximum absolute atomic E-state index is 11.2. The largest absolute Gasteiger partial charge is 0.381 e. The van der Waals surface area contributed by atoms with Gasteiger partial charge in [0.25, 0.3) is 0 Å². The lowest BCUT2D eigenvalue weighted by Crippen LogP contribution is -2.32. The number of aromatic nitrogens is 1. The van der Waals surface area contributed by atoms with Crippen molar-refractivity contribution in [3.05, 3.63) is 22.9 Å². The number of anilines is 1. The summed E-state index contributed by atoms with van der Waals surface area (Å²) in [5.74, 6) is 0.573. The lowest BCUT2D eigenvalue weighted by atomic mass is 10.1. The molecule has 0 atom stereocenters. The van der Waals surface area contributed by atoms with Gasteiger partial charge in [0.15, 0.2) is 0 Å². The van der Waals surface area contributed by atoms with Crippen molar-refractivity contribution in [2.75, 3.05) is 16.8 Å². The fourth-order valence-electron chi connectivity index (χ4n) is 1.73. The van der Waals surface area contributed by atoms with Crippen LogP contribution in [0.4, 0.5) is 5.69 Å². The molecular weight excluding hydrogens is 292 g/mol. The lowest BCUT2D eigenvalue weighted by molar-refractivity contribution is 0.559. The molecule has 1 aliphatic rings. The maximum Gasteiger partial charge on any atom is 0.150 e. The van der Waals surface area contributed by atoms with Crippen LogP contribution < -0.4 is 5.32 Å². The highest BCUT2D eigenvalue weighted by atomic mass is 79.9. The van der Waals surface area contributed by atoms with E-state index >= 15 is 0 Å². The van der Waals surface area contributed by atoms with Crippen molar-refractivity contribution in [2.24, 2.45) is 0 Å². The van der Waals surface area contributed by atoms with E-state index in [0.717, 1.165) is 10.3 Å². The van der Waals surface area contributed by atoms with Gasteiger partial charge in [0.1, 0.15) is 14.4 Å². The van der Waals surface area contributed by atoms with Crippen LogP contribution in [0.5, 0.6) is 0 Å². The minimum absolute atomic E-state index is 0.242. The van der Waals surface area contributed by atoms with Gasteiger partial charge in [0, 0.05) is 6.04 Å². The molecule has 0 aromatic carbocycles. The van der Waals surface area contributed by atoms with Gasteiger partial charge >= 0.3 is 0 Å². The van der Waals surface area contributed by atoms with E-state index in [1.54, 1.807) is 6.20 Å². The Balaban J connectivity index is 1.94. The Morgan fingerprint density at radius 2 is 2.00 bits per heavy atom. The maximum atomic E-state index is 11.2. The predicted octanol–water partition coefficient (Wildman–Crippen LogP) is 1.83. The third-order valence-corrected chi connectivity index (χ3v) is 4.84. The van der Waals surface area contributed by atoms with Crippen LogP contribution in [0.2, 0.25) is 0 Å². The molecule has 0 spiro atoms. The smallest absolute Gasteiger partial charge is 0.150 e. The second kappa shape index (κ2) is 4.71. The van der Waals surface area contributed by atoms with E-state index in [1.807, 2.05) is 12.1 Å². The minimum atomic E-state index is -2.78. The van der Waals surface area contributed by atoms with Crippen LogP contribution in [0.1, 0.15) is 12.8 Å². The van der Waals surface area contributed by atoms with E-state index in [-0.39, 0.29) is 17.5 Å². The van der Waals surface area contributed by atoms with Gasteiger partial charge in [-0.3, -0.25) is 0 Å². The summed E-state index contributed by atoms with van der Waals surface area (Å²) in [6, 6.07) is 4.04. The summed E-state index contributed by atoms with van der Waals surface area (Å²) < 4.78 is 23.3. The second-order valence-corrected chi connectivity index (χ2v) is 7.06. The van der Waals surface area contributed by atoms with Crippen molar-refractivity contribution in [2.45, 2.75) is 18.9 Å². The highest BCUT2D eigenvalue weighted by Gasteiger charge is 2.23. The summed E-state index contributed by atoms with van der Waals surface area (Å²) in [6.45, 7) is 0. The summed E-state index contributed by atoms with van der Waals surface area (Å²) in [6.07, 6.45) is 3.10. The van der Waals surface area contributed by atoms with Gasteiger partial charge in [-0.25, -0.2) is 13.4 Å². The van der Waals surface area contributed by atoms with Crippen molar-refractivity contribution in [3.63, 3.8) is 0 Å². The van der Waals surface area contributed by atoms with E-state index in [9.17, 15) is 8.42 Å². The number of hydrogen-bond donors (Lipinski definition) is 1. The van der Waals surface area contributed by atoms with Gasteiger partial charge in [0.2, 0.25) is 0 Å². The number of pyridine rings is 1. The molecule has 88 valence electrons. The summed E-state index contributed by atoms with van der Waals surface area (Å²) in [4.78, 5) is 4.11. The molecule has 1 saturated heterocycles. The van der Waals surface area contributed by atoms with Crippen LogP contribution in [0.25, 0.3) is 0 Å². The van der Waals surface area contributed by atoms with Gasteiger partial charge in [-0.1, -0.05) is 0 Å². The molecule has 2 heterocycles. The molecule has 1 aliphatic heterocycles. The average Bonchev–Trinajstić information content (AvgIpc) is 2.24. The van der Waals surface area contributed by atoms with E-state index in [2.05, 4.69) is 26.2 Å². The molecule has 16 heavy (non-hydrogen) atoms. The molecule has 1 fully saturated rings. The monoisotopic (exact) mass is 304 g/mol. The van der Waals surface area contributed by atoms with Gasteiger partial charge in [-0.2, -0.15) is 0 Å². The molecule has 1 N–H and O–H groups in total. The van der Waals surface area contributed by atoms with Crippen molar-refractivity contribution >= 4 is 31.5 Å². The highest BCUT2D eigenvalue weighted by Crippen LogP contribution is 2.18. The van der Waals surface area contributed by atoms with Crippen LogP contribution in [0.3, 0.4) is 0 Å². The van der Waals surface area contributed by atoms with Crippen molar-refractivity contribution in [3.8, 4) is 0 Å². The third kappa shape index (κ3) is 3.18. The fraction of sp³-hybridized carbons (Fsp3) is 0.500. The Morgan fingerprint density at radius 1 is 1.31 bits per heavy atom. The quantitative estimate of drug-likeness (QED) is 0.847. The Morgan fingerprint density at radius 3 is 2.56 bits per heavy atom. The van der Waals surface area contributed by atoms with Crippen LogP contribution in [0, 0.1) is 0 Å². The SMILES string of the molecule is O=S1(=O)CCC(Nc2ccc(Br)nc2)CC1. The molecule has 1 aromatic heterocycles. The number of sulfone groups is 1. The zero-order valence-corrected chi connectivity index (χ0v) is 11.1. The zero-order chi connectivity index (χ0) is 11.6. The first-order valence-electron chi connectivity index (χ1n) is 5.14. The zero-order valence-electron chi connectivity index (χ0n) is 8.69. The summed E-state index contributed by atoms with van der Waals surface area (Å²) in [5, 5.41) is 3.30. The molecule has 4 nitrogen and oxygen atoms in total.